The Morgan fingerprint density at radius 2 is 1.71 bits per heavy atom. The van der Waals surface area contributed by atoms with Gasteiger partial charge in [-0.2, -0.15) is 4.31 Å². The predicted molar refractivity (Wildman–Crippen MR) is 92.0 cm³/mol. The summed E-state index contributed by atoms with van der Waals surface area (Å²) in [7, 11) is -5.53. The van der Waals surface area contributed by atoms with E-state index in [0.717, 1.165) is 25.7 Å². The Kier molecular flexibility index (Phi) is 6.24. The molecule has 9 heteroatoms. The van der Waals surface area contributed by atoms with Crippen molar-refractivity contribution in [2.45, 2.75) is 36.6 Å². The van der Waals surface area contributed by atoms with E-state index in [0.29, 0.717) is 5.75 Å². The number of methoxy groups -OCH3 is 1. The first-order valence-electron chi connectivity index (χ1n) is 7.84. The molecule has 1 aromatic carbocycles. The number of sulfonamides is 2. The zero-order chi connectivity index (χ0) is 17.8. The third kappa shape index (κ3) is 4.92. The maximum Gasteiger partial charge on any atom is 0.240 e. The van der Waals surface area contributed by atoms with Crippen LogP contribution in [-0.2, 0) is 20.0 Å². The van der Waals surface area contributed by atoms with Crippen LogP contribution in [0.2, 0.25) is 0 Å². The number of rotatable bonds is 8. The molecule has 2 rings (SSSR count). The lowest BCUT2D eigenvalue weighted by Crippen LogP contribution is -2.43. The van der Waals surface area contributed by atoms with E-state index in [9.17, 15) is 16.8 Å². The lowest BCUT2D eigenvalue weighted by atomic mass is 10.2. The van der Waals surface area contributed by atoms with E-state index >= 15 is 0 Å². The zero-order valence-corrected chi connectivity index (χ0v) is 15.6. The van der Waals surface area contributed by atoms with Crippen LogP contribution in [0.25, 0.3) is 0 Å². The third-order valence-corrected chi connectivity index (χ3v) is 6.96. The summed E-state index contributed by atoms with van der Waals surface area (Å²) in [4.78, 5) is 0.120. The molecule has 0 radical (unpaired) electrons. The molecule has 0 heterocycles. The van der Waals surface area contributed by atoms with Gasteiger partial charge < -0.3 is 4.74 Å². The van der Waals surface area contributed by atoms with Crippen LogP contribution in [0, 0.1) is 0 Å². The lowest BCUT2D eigenvalue weighted by molar-refractivity contribution is 0.328. The SMILES string of the molecule is COc1ccc(S(=O)(=O)NCCN(C2CCCC2)S(C)(=O)=O)cc1. The van der Waals surface area contributed by atoms with E-state index in [1.807, 2.05) is 0 Å². The predicted octanol–water partition coefficient (Wildman–Crippen LogP) is 1.18. The Morgan fingerprint density at radius 1 is 1.12 bits per heavy atom. The van der Waals surface area contributed by atoms with Crippen LogP contribution in [0.3, 0.4) is 0 Å². The largest absolute Gasteiger partial charge is 0.497 e. The normalized spacial score (nSPS) is 16.6. The molecule has 24 heavy (non-hydrogen) atoms. The highest BCUT2D eigenvalue weighted by Crippen LogP contribution is 2.25. The third-order valence-electron chi connectivity index (χ3n) is 4.15. The summed E-state index contributed by atoms with van der Waals surface area (Å²) in [6, 6.07) is 6.01. The van der Waals surface area contributed by atoms with Gasteiger partial charge in [0.15, 0.2) is 0 Å². The molecule has 136 valence electrons. The average molecular weight is 377 g/mol. The summed E-state index contributed by atoms with van der Waals surface area (Å²) in [6.45, 7) is 0.177. The first-order valence-corrected chi connectivity index (χ1v) is 11.2. The fraction of sp³-hybridized carbons (Fsp3) is 0.600. The van der Waals surface area contributed by atoms with Crippen LogP contribution in [0.4, 0.5) is 0 Å². The van der Waals surface area contributed by atoms with Crippen molar-refractivity contribution in [2.24, 2.45) is 0 Å². The molecule has 1 fully saturated rings. The Balaban J connectivity index is 1.99. The Morgan fingerprint density at radius 3 is 2.21 bits per heavy atom. The van der Waals surface area contributed by atoms with Crippen LogP contribution in [-0.4, -0.2) is 53.6 Å². The second-order valence-corrected chi connectivity index (χ2v) is 9.59. The van der Waals surface area contributed by atoms with Crippen molar-refractivity contribution in [1.29, 1.82) is 0 Å². The van der Waals surface area contributed by atoms with Crippen LogP contribution >= 0.6 is 0 Å². The Labute approximate surface area is 144 Å². The van der Waals surface area contributed by atoms with Crippen molar-refractivity contribution in [1.82, 2.24) is 9.03 Å². The van der Waals surface area contributed by atoms with Crippen LogP contribution < -0.4 is 9.46 Å². The topological polar surface area (TPSA) is 92.8 Å². The van der Waals surface area contributed by atoms with Crippen LogP contribution in [0.5, 0.6) is 5.75 Å². The molecule has 1 aromatic rings. The number of nitrogens with zero attached hydrogens (tertiary/aromatic N) is 1. The molecule has 0 saturated heterocycles. The second kappa shape index (κ2) is 7.81. The van der Waals surface area contributed by atoms with Gasteiger partial charge in [0.05, 0.1) is 18.3 Å². The molecule has 7 nitrogen and oxygen atoms in total. The molecule has 0 unspecified atom stereocenters. The van der Waals surface area contributed by atoms with E-state index < -0.39 is 20.0 Å². The second-order valence-electron chi connectivity index (χ2n) is 5.89. The van der Waals surface area contributed by atoms with Gasteiger partial charge in [0.2, 0.25) is 20.0 Å². The van der Waals surface area contributed by atoms with Crippen molar-refractivity contribution >= 4 is 20.0 Å². The molecular weight excluding hydrogens is 352 g/mol. The lowest BCUT2D eigenvalue weighted by Gasteiger charge is -2.26. The fourth-order valence-corrected chi connectivity index (χ4v) is 5.14. The minimum atomic E-state index is -3.68. The maximum atomic E-state index is 12.3. The maximum absolute atomic E-state index is 12.3. The van der Waals surface area contributed by atoms with E-state index in [2.05, 4.69) is 4.72 Å². The van der Waals surface area contributed by atoms with Gasteiger partial charge in [0.25, 0.3) is 0 Å². The standard InChI is InChI=1S/C15H24N2O5S2/c1-22-14-7-9-15(10-8-14)24(20,21)16-11-12-17(23(2,18)19)13-5-3-4-6-13/h7-10,13,16H,3-6,11-12H2,1-2H3. The Bertz CT molecular complexity index is 739. The van der Waals surface area contributed by atoms with Crippen molar-refractivity contribution in [3.05, 3.63) is 24.3 Å². The molecule has 0 amide bonds. The summed E-state index contributed by atoms with van der Waals surface area (Å²) in [6.07, 6.45) is 4.85. The monoisotopic (exact) mass is 376 g/mol. The summed E-state index contributed by atoms with van der Waals surface area (Å²) >= 11 is 0. The summed E-state index contributed by atoms with van der Waals surface area (Å²) in [5.74, 6) is 0.568. The van der Waals surface area contributed by atoms with Gasteiger partial charge in [-0.3, -0.25) is 0 Å². The number of hydrogen-bond donors (Lipinski definition) is 1. The van der Waals surface area contributed by atoms with Crippen molar-refractivity contribution < 1.29 is 21.6 Å². The highest BCUT2D eigenvalue weighted by Gasteiger charge is 2.29. The molecular formula is C15H24N2O5S2. The minimum Gasteiger partial charge on any atom is -0.497 e. The van der Waals surface area contributed by atoms with Gasteiger partial charge in [0, 0.05) is 19.1 Å². The van der Waals surface area contributed by atoms with E-state index in [1.54, 1.807) is 12.1 Å². The minimum absolute atomic E-state index is 0.0227. The van der Waals surface area contributed by atoms with Gasteiger partial charge in [-0.1, -0.05) is 12.8 Å². The molecule has 0 atom stereocenters. The Hall–Kier alpha value is -1.16. The molecule has 1 N–H and O–H groups in total. The number of hydrogen-bond acceptors (Lipinski definition) is 5. The molecule has 1 saturated carbocycles. The molecule has 0 aromatic heterocycles. The summed E-state index contributed by atoms with van der Waals surface area (Å²) in [5.41, 5.74) is 0. The zero-order valence-electron chi connectivity index (χ0n) is 13.9. The van der Waals surface area contributed by atoms with Crippen molar-refractivity contribution in [3.63, 3.8) is 0 Å². The first-order chi connectivity index (χ1) is 11.2. The number of ether oxygens (including phenoxy) is 1. The molecule has 1 aliphatic rings. The van der Waals surface area contributed by atoms with Gasteiger partial charge in [-0.25, -0.2) is 21.6 Å². The summed E-state index contributed by atoms with van der Waals surface area (Å²) < 4.78 is 57.3. The van der Waals surface area contributed by atoms with Crippen LogP contribution in [0.1, 0.15) is 25.7 Å². The molecule has 0 aliphatic heterocycles. The van der Waals surface area contributed by atoms with Crippen molar-refractivity contribution in [2.75, 3.05) is 26.5 Å². The highest BCUT2D eigenvalue weighted by atomic mass is 32.2. The number of nitrogens with one attached hydrogen (secondary N) is 1. The van der Waals surface area contributed by atoms with E-state index in [4.69, 9.17) is 4.74 Å². The first kappa shape index (κ1) is 19.2. The van der Waals surface area contributed by atoms with Crippen LogP contribution in [0.15, 0.2) is 29.2 Å². The van der Waals surface area contributed by atoms with Gasteiger partial charge in [0.1, 0.15) is 5.75 Å². The van der Waals surface area contributed by atoms with Gasteiger partial charge in [-0.15, -0.1) is 0 Å². The van der Waals surface area contributed by atoms with Gasteiger partial charge >= 0.3 is 0 Å². The molecule has 0 bridgehead atoms. The molecule has 0 spiro atoms. The summed E-state index contributed by atoms with van der Waals surface area (Å²) in [5, 5.41) is 0. The number of benzene rings is 1. The van der Waals surface area contributed by atoms with E-state index in [1.165, 1.54) is 29.8 Å². The average Bonchev–Trinajstić information content (AvgIpc) is 3.04. The fourth-order valence-electron chi connectivity index (χ4n) is 2.94. The highest BCUT2D eigenvalue weighted by molar-refractivity contribution is 7.89. The smallest absolute Gasteiger partial charge is 0.240 e. The van der Waals surface area contributed by atoms with Gasteiger partial charge in [-0.05, 0) is 37.1 Å². The van der Waals surface area contributed by atoms with Crippen molar-refractivity contribution in [3.8, 4) is 5.75 Å². The molecule has 1 aliphatic carbocycles. The van der Waals surface area contributed by atoms with E-state index in [-0.39, 0.29) is 24.0 Å². The quantitative estimate of drug-likeness (QED) is 0.735.